The molecule has 56 heavy (non-hydrogen) atoms. The first-order valence-electron chi connectivity index (χ1n) is 18.5. The summed E-state index contributed by atoms with van der Waals surface area (Å²) >= 11 is 15.2. The van der Waals surface area contributed by atoms with Crippen LogP contribution in [0.3, 0.4) is 0 Å². The van der Waals surface area contributed by atoms with Gasteiger partial charge in [0, 0.05) is 43.4 Å². The monoisotopic (exact) mass is 758 g/mol. The molecule has 6 heteroatoms. The van der Waals surface area contributed by atoms with Gasteiger partial charge in [0.25, 0.3) is 0 Å². The van der Waals surface area contributed by atoms with Crippen molar-refractivity contribution in [3.63, 3.8) is 0 Å². The first-order chi connectivity index (χ1) is 27.6. The lowest BCUT2D eigenvalue weighted by atomic mass is 9.78. The molecule has 0 fully saturated rings. The molecule has 0 aromatic heterocycles. The normalized spacial score (nSPS) is 15.7. The lowest BCUT2D eigenvalue weighted by Gasteiger charge is -2.40. The Labute approximate surface area is 334 Å². The van der Waals surface area contributed by atoms with E-state index in [9.17, 15) is 0 Å². The Morgan fingerprint density at radius 2 is 0.554 bits per heavy atom. The van der Waals surface area contributed by atoms with Gasteiger partial charge in [-0.2, -0.15) is 0 Å². The molecule has 0 saturated carbocycles. The minimum absolute atomic E-state index is 0.494. The summed E-state index contributed by atoms with van der Waals surface area (Å²) < 4.78 is 0. The smallest absolute Gasteiger partial charge is 0.228 e. The molecule has 0 bridgehead atoms. The fraction of sp³-hybridized carbons (Fsp3) is 0.0400. The predicted octanol–water partition coefficient (Wildman–Crippen LogP) is 12.3. The summed E-state index contributed by atoms with van der Waals surface area (Å²) in [6.07, 6.45) is 0. The zero-order chi connectivity index (χ0) is 37.7. The van der Waals surface area contributed by atoms with Crippen LogP contribution >= 0.6 is 23.2 Å². The molecule has 0 unspecified atom stereocenters. The van der Waals surface area contributed by atoms with E-state index < -0.39 is 11.3 Å². The van der Waals surface area contributed by atoms with Crippen LogP contribution in [0.4, 0.5) is 0 Å². The number of rotatable bonds is 7. The van der Waals surface area contributed by atoms with Gasteiger partial charge in [0.1, 0.15) is 0 Å². The lowest BCUT2D eigenvalue weighted by Crippen LogP contribution is -2.44. The highest BCUT2D eigenvalue weighted by Crippen LogP contribution is 2.59. The van der Waals surface area contributed by atoms with E-state index in [0.717, 1.165) is 43.8 Å². The van der Waals surface area contributed by atoms with E-state index in [4.69, 9.17) is 43.2 Å². The van der Waals surface area contributed by atoms with Gasteiger partial charge in [-0.05, 0) is 33.7 Å². The van der Waals surface area contributed by atoms with Crippen LogP contribution in [0.2, 0.25) is 10.0 Å². The zero-order valence-electron chi connectivity index (χ0n) is 30.0. The third-order valence-corrected chi connectivity index (χ3v) is 11.3. The fourth-order valence-corrected chi connectivity index (χ4v) is 8.77. The molecule has 2 aliphatic rings. The van der Waals surface area contributed by atoms with Crippen LogP contribution in [-0.4, -0.2) is 22.8 Å². The van der Waals surface area contributed by atoms with Crippen molar-refractivity contribution in [1.82, 2.24) is 0 Å². The first-order valence-corrected chi connectivity index (χ1v) is 19.3. The molecule has 8 aromatic rings. The maximum absolute atomic E-state index is 7.58. The van der Waals surface area contributed by atoms with Crippen LogP contribution in [0.5, 0.6) is 0 Å². The summed E-state index contributed by atoms with van der Waals surface area (Å²) in [6, 6.07) is 65.2. The Balaban J connectivity index is 1.46. The highest BCUT2D eigenvalue weighted by Gasteiger charge is 2.62. The minimum atomic E-state index is -1.62. The maximum atomic E-state index is 7.58. The minimum Gasteiger partial charge on any atom is -0.243 e. The van der Waals surface area contributed by atoms with Gasteiger partial charge in [-0.3, -0.25) is 0 Å². The van der Waals surface area contributed by atoms with E-state index in [0.29, 0.717) is 44.0 Å². The van der Waals surface area contributed by atoms with Crippen molar-refractivity contribution in [2.45, 2.75) is 11.3 Å². The summed E-state index contributed by atoms with van der Waals surface area (Å²) in [6.45, 7) is 0. The molecule has 0 amide bonds. The largest absolute Gasteiger partial charge is 0.243 e. The van der Waals surface area contributed by atoms with Crippen molar-refractivity contribution < 1.29 is 0 Å². The van der Waals surface area contributed by atoms with Crippen LogP contribution in [-0.2, 0) is 11.3 Å². The van der Waals surface area contributed by atoms with Gasteiger partial charge in [0.2, 0.25) is 11.3 Å². The predicted molar refractivity (Wildman–Crippen MR) is 233 cm³/mol. The molecule has 0 N–H and O–H groups in total. The van der Waals surface area contributed by atoms with Crippen LogP contribution in [0.25, 0.3) is 21.5 Å². The van der Waals surface area contributed by atoms with Crippen molar-refractivity contribution in [2.75, 3.05) is 0 Å². The third kappa shape index (κ3) is 5.36. The summed E-state index contributed by atoms with van der Waals surface area (Å²) in [5, 5.41) is 4.75. The number of halogens is 2. The number of benzene rings is 8. The fourth-order valence-electron chi connectivity index (χ4n) is 8.18. The number of nitrogens with zero attached hydrogens (tertiary/aromatic N) is 4. The average Bonchev–Trinajstić information content (AvgIpc) is 3.87. The maximum Gasteiger partial charge on any atom is 0.228 e. The SMILES string of the molecule is Clc1ccc2ccccc2c1C1(C2(c3c(Cl)ccc4ccccc34)N=C(c3ccccc3)C(c3ccccc3)=N2)N=C(c2ccccc2)C(c2ccccc2)=N1. The van der Waals surface area contributed by atoms with Crippen molar-refractivity contribution in [3.8, 4) is 0 Å². The van der Waals surface area contributed by atoms with Gasteiger partial charge < -0.3 is 0 Å². The summed E-state index contributed by atoms with van der Waals surface area (Å²) in [4.78, 5) is 23.7. The molecule has 0 radical (unpaired) electrons. The third-order valence-electron chi connectivity index (χ3n) is 10.7. The lowest BCUT2D eigenvalue weighted by molar-refractivity contribution is 0.261. The summed E-state index contributed by atoms with van der Waals surface area (Å²) in [5.41, 5.74) is 4.59. The second-order valence-corrected chi connectivity index (χ2v) is 14.8. The first kappa shape index (κ1) is 34.1. The molecule has 8 aromatic carbocycles. The number of hydrogen-bond acceptors (Lipinski definition) is 4. The highest BCUT2D eigenvalue weighted by molar-refractivity contribution is 6.56. The van der Waals surface area contributed by atoms with Crippen LogP contribution < -0.4 is 0 Å². The molecule has 266 valence electrons. The Morgan fingerprint density at radius 3 is 0.857 bits per heavy atom. The summed E-state index contributed by atoms with van der Waals surface area (Å²) in [5.74, 6) is 0. The molecule has 2 aliphatic heterocycles. The van der Waals surface area contributed by atoms with Crippen LogP contribution in [0, 0.1) is 0 Å². The molecule has 2 heterocycles. The highest BCUT2D eigenvalue weighted by atomic mass is 35.5. The van der Waals surface area contributed by atoms with E-state index in [1.54, 1.807) is 0 Å². The molecule has 0 saturated heterocycles. The van der Waals surface area contributed by atoms with E-state index in [1.165, 1.54) is 0 Å². The van der Waals surface area contributed by atoms with E-state index in [2.05, 4.69) is 72.8 Å². The quantitative estimate of drug-likeness (QED) is 0.155. The van der Waals surface area contributed by atoms with Crippen molar-refractivity contribution in [2.24, 2.45) is 20.0 Å². The molecule has 0 atom stereocenters. The molecular formula is C50H32Cl2N4. The van der Waals surface area contributed by atoms with Gasteiger partial charge in [-0.15, -0.1) is 0 Å². The van der Waals surface area contributed by atoms with Crippen molar-refractivity contribution in [1.29, 1.82) is 0 Å². The standard InChI is InChI=1S/C50H32Cl2N4/c51-41-31-29-33-17-13-15-27-39(33)43(41)49(53-45(35-19-5-1-6-20-35)46(54-49)36-21-7-2-8-22-36)50(44-40-28-16-14-18-34(40)30-32-42(44)52)55-47(37-23-9-3-10-24-37)48(56-50)38-25-11-4-12-26-38/h1-32H. The van der Waals surface area contributed by atoms with E-state index in [1.807, 2.05) is 121 Å². The molecule has 4 nitrogen and oxygen atoms in total. The van der Waals surface area contributed by atoms with E-state index >= 15 is 0 Å². The van der Waals surface area contributed by atoms with Gasteiger partial charge >= 0.3 is 0 Å². The zero-order valence-corrected chi connectivity index (χ0v) is 31.5. The van der Waals surface area contributed by atoms with Crippen molar-refractivity contribution >= 4 is 67.6 Å². The topological polar surface area (TPSA) is 49.4 Å². The summed E-state index contributed by atoms with van der Waals surface area (Å²) in [7, 11) is 0. The molecule has 0 aliphatic carbocycles. The Kier molecular flexibility index (Phi) is 8.32. The second-order valence-electron chi connectivity index (χ2n) is 13.9. The molecule has 10 rings (SSSR count). The number of hydrogen-bond donors (Lipinski definition) is 0. The van der Waals surface area contributed by atoms with Crippen LogP contribution in [0.1, 0.15) is 33.4 Å². The van der Waals surface area contributed by atoms with Gasteiger partial charge in [-0.1, -0.05) is 205 Å². The molecular weight excluding hydrogens is 727 g/mol. The van der Waals surface area contributed by atoms with Gasteiger partial charge in [0.15, 0.2) is 0 Å². The number of aliphatic imine (C=N–C) groups is 4. The van der Waals surface area contributed by atoms with Crippen molar-refractivity contribution in [3.05, 3.63) is 238 Å². The average molecular weight is 760 g/mol. The van der Waals surface area contributed by atoms with Gasteiger partial charge in [-0.25, -0.2) is 20.0 Å². The Morgan fingerprint density at radius 1 is 0.286 bits per heavy atom. The number of fused-ring (bicyclic) bond motifs is 2. The van der Waals surface area contributed by atoms with Gasteiger partial charge in [0.05, 0.1) is 22.8 Å². The second kappa shape index (κ2) is 13.7. The Hall–Kier alpha value is -6.46. The van der Waals surface area contributed by atoms with E-state index in [-0.39, 0.29) is 0 Å². The molecule has 0 spiro atoms. The Bertz CT molecular complexity index is 2610. The van der Waals surface area contributed by atoms with Crippen LogP contribution in [0.15, 0.2) is 214 Å².